The van der Waals surface area contributed by atoms with Crippen LogP contribution in [-0.2, 0) is 16.1 Å². The number of hydrogen-bond acceptors (Lipinski definition) is 5. The lowest BCUT2D eigenvalue weighted by atomic mass is 10.00. The third-order valence-corrected chi connectivity index (χ3v) is 5.86. The second kappa shape index (κ2) is 7.93. The van der Waals surface area contributed by atoms with Gasteiger partial charge < -0.3 is 14.7 Å². The molecule has 5 nitrogen and oxygen atoms in total. The van der Waals surface area contributed by atoms with E-state index in [9.17, 15) is 14.7 Å². The van der Waals surface area contributed by atoms with Crippen LogP contribution in [-0.4, -0.2) is 28.8 Å². The molecule has 1 aliphatic heterocycles. The summed E-state index contributed by atoms with van der Waals surface area (Å²) in [4.78, 5) is 28.2. The fourth-order valence-electron chi connectivity index (χ4n) is 3.55. The minimum Gasteiger partial charge on any atom is -0.507 e. The summed E-state index contributed by atoms with van der Waals surface area (Å²) < 4.78 is 5.41. The first-order chi connectivity index (χ1) is 14.1. The highest BCUT2D eigenvalue weighted by atomic mass is 32.1. The van der Waals surface area contributed by atoms with Crippen LogP contribution in [0.5, 0.6) is 5.75 Å². The summed E-state index contributed by atoms with van der Waals surface area (Å²) in [5.74, 6) is -0.835. The van der Waals surface area contributed by atoms with Crippen molar-refractivity contribution in [2.75, 3.05) is 7.11 Å². The summed E-state index contributed by atoms with van der Waals surface area (Å²) in [6.07, 6.45) is 0. The molecule has 1 amide bonds. The maximum Gasteiger partial charge on any atom is 0.295 e. The number of nitrogens with zero attached hydrogens (tertiary/aromatic N) is 1. The number of thiophene rings is 1. The van der Waals surface area contributed by atoms with Crippen molar-refractivity contribution in [2.45, 2.75) is 12.6 Å². The third kappa shape index (κ3) is 3.43. The Hall–Kier alpha value is -3.38. The van der Waals surface area contributed by atoms with Gasteiger partial charge >= 0.3 is 0 Å². The van der Waals surface area contributed by atoms with Gasteiger partial charge in [0.25, 0.3) is 11.7 Å². The van der Waals surface area contributed by atoms with Crippen LogP contribution >= 0.6 is 11.3 Å². The fourth-order valence-corrected chi connectivity index (χ4v) is 4.40. The maximum atomic E-state index is 13.0. The lowest BCUT2D eigenvalue weighted by molar-refractivity contribution is -0.140. The molecule has 1 aromatic heterocycles. The van der Waals surface area contributed by atoms with Gasteiger partial charge in [-0.2, -0.15) is 0 Å². The van der Waals surface area contributed by atoms with Crippen LogP contribution in [0.1, 0.15) is 22.0 Å². The Labute approximate surface area is 172 Å². The Morgan fingerprint density at radius 1 is 1.03 bits per heavy atom. The van der Waals surface area contributed by atoms with Gasteiger partial charge in [-0.3, -0.25) is 9.59 Å². The Morgan fingerprint density at radius 2 is 1.76 bits per heavy atom. The van der Waals surface area contributed by atoms with Crippen LogP contribution in [0, 0.1) is 0 Å². The molecule has 0 aliphatic carbocycles. The molecule has 2 aromatic carbocycles. The molecule has 0 bridgehead atoms. The van der Waals surface area contributed by atoms with E-state index in [-0.39, 0.29) is 17.9 Å². The van der Waals surface area contributed by atoms with Crippen molar-refractivity contribution >= 4 is 28.8 Å². The van der Waals surface area contributed by atoms with Crippen LogP contribution in [0.3, 0.4) is 0 Å². The van der Waals surface area contributed by atoms with E-state index < -0.39 is 17.7 Å². The number of para-hydroxylation sites is 1. The molecule has 1 saturated heterocycles. The Bertz CT molecular complexity index is 1070. The highest BCUT2D eigenvalue weighted by molar-refractivity contribution is 7.10. The van der Waals surface area contributed by atoms with Crippen LogP contribution in [0.2, 0.25) is 0 Å². The number of hydrogen-bond donors (Lipinski definition) is 1. The number of aliphatic hydroxyl groups is 1. The molecule has 1 aliphatic rings. The molecule has 6 heteroatoms. The lowest BCUT2D eigenvalue weighted by Gasteiger charge is -2.25. The van der Waals surface area contributed by atoms with Gasteiger partial charge in [0.1, 0.15) is 11.5 Å². The maximum absolute atomic E-state index is 13.0. The largest absolute Gasteiger partial charge is 0.507 e. The van der Waals surface area contributed by atoms with Gasteiger partial charge in [0, 0.05) is 16.0 Å². The molecule has 2 heterocycles. The number of ketones is 1. The van der Waals surface area contributed by atoms with Crippen LogP contribution in [0.15, 0.2) is 77.7 Å². The molecule has 1 atom stereocenters. The molecule has 3 aromatic rings. The molecule has 1 unspecified atom stereocenters. The molecule has 1 N–H and O–H groups in total. The lowest BCUT2D eigenvalue weighted by Crippen LogP contribution is -2.29. The van der Waals surface area contributed by atoms with E-state index in [2.05, 4.69) is 0 Å². The van der Waals surface area contributed by atoms with Crippen LogP contribution < -0.4 is 4.74 Å². The van der Waals surface area contributed by atoms with E-state index in [1.807, 2.05) is 47.8 Å². The average Bonchev–Trinajstić information content (AvgIpc) is 3.37. The number of methoxy groups -OCH3 is 1. The van der Waals surface area contributed by atoms with Crippen molar-refractivity contribution in [1.29, 1.82) is 0 Å². The number of Topliss-reactive ketones (excluding diaryl/α,β-unsaturated/α-hetero) is 1. The van der Waals surface area contributed by atoms with E-state index in [4.69, 9.17) is 4.74 Å². The Kier molecular flexibility index (Phi) is 5.18. The predicted octanol–water partition coefficient (Wildman–Crippen LogP) is 4.38. The Morgan fingerprint density at radius 3 is 2.45 bits per heavy atom. The first-order valence-corrected chi connectivity index (χ1v) is 9.99. The second-order valence-electron chi connectivity index (χ2n) is 6.62. The zero-order valence-electron chi connectivity index (χ0n) is 15.7. The van der Waals surface area contributed by atoms with E-state index in [1.165, 1.54) is 16.2 Å². The summed E-state index contributed by atoms with van der Waals surface area (Å²) in [6, 6.07) is 19.3. The quantitative estimate of drug-likeness (QED) is 0.389. The smallest absolute Gasteiger partial charge is 0.295 e. The number of rotatable bonds is 5. The minimum absolute atomic E-state index is 0.110. The summed E-state index contributed by atoms with van der Waals surface area (Å²) >= 11 is 1.44. The van der Waals surface area contributed by atoms with Gasteiger partial charge in [0.2, 0.25) is 0 Å². The molecule has 1 fully saturated rings. The standard InChI is InChI=1S/C23H19NO4S/c1-28-17-11-6-5-10-16(17)14-24-20(18-12-7-13-29-18)19(22(26)23(24)27)21(25)15-8-3-2-4-9-15/h2-13,20,25H,14H2,1H3/b21-19-. The monoisotopic (exact) mass is 405 g/mol. The average molecular weight is 405 g/mol. The zero-order valence-corrected chi connectivity index (χ0v) is 16.6. The zero-order chi connectivity index (χ0) is 20.4. The van der Waals surface area contributed by atoms with Gasteiger partial charge in [-0.05, 0) is 17.5 Å². The molecular formula is C23H19NO4S. The number of likely N-dealkylation sites (tertiary alicyclic amines) is 1. The molecule has 0 spiro atoms. The van der Waals surface area contributed by atoms with Gasteiger partial charge in [-0.1, -0.05) is 54.6 Å². The van der Waals surface area contributed by atoms with Crippen molar-refractivity contribution in [3.63, 3.8) is 0 Å². The molecule has 4 rings (SSSR count). The van der Waals surface area contributed by atoms with Crippen molar-refractivity contribution in [3.05, 3.63) is 93.7 Å². The van der Waals surface area contributed by atoms with Gasteiger partial charge in [-0.15, -0.1) is 11.3 Å². The SMILES string of the molecule is COc1ccccc1CN1C(=O)C(=O)/C(=C(\O)c2ccccc2)C1c1cccs1. The minimum atomic E-state index is -0.681. The highest BCUT2D eigenvalue weighted by Crippen LogP contribution is 2.42. The fraction of sp³-hybridized carbons (Fsp3) is 0.130. The number of carbonyl (C=O) groups is 2. The van der Waals surface area contributed by atoms with Crippen molar-refractivity contribution in [1.82, 2.24) is 4.90 Å². The van der Waals surface area contributed by atoms with E-state index >= 15 is 0 Å². The number of ether oxygens (including phenoxy) is 1. The first-order valence-electron chi connectivity index (χ1n) is 9.11. The van der Waals surface area contributed by atoms with E-state index in [1.54, 1.807) is 31.4 Å². The molecule has 0 saturated carbocycles. The van der Waals surface area contributed by atoms with Gasteiger partial charge in [0.15, 0.2) is 0 Å². The second-order valence-corrected chi connectivity index (χ2v) is 7.60. The summed E-state index contributed by atoms with van der Waals surface area (Å²) in [5.41, 5.74) is 1.40. The van der Waals surface area contributed by atoms with Crippen molar-refractivity contribution in [2.24, 2.45) is 0 Å². The predicted molar refractivity (Wildman–Crippen MR) is 112 cm³/mol. The van der Waals surface area contributed by atoms with Gasteiger partial charge in [0.05, 0.1) is 25.3 Å². The van der Waals surface area contributed by atoms with Crippen LogP contribution in [0.25, 0.3) is 5.76 Å². The topological polar surface area (TPSA) is 66.8 Å². The molecule has 0 radical (unpaired) electrons. The number of benzene rings is 2. The Balaban J connectivity index is 1.83. The van der Waals surface area contributed by atoms with Crippen molar-refractivity contribution < 1.29 is 19.4 Å². The first kappa shape index (κ1) is 19.0. The number of amides is 1. The highest BCUT2D eigenvalue weighted by Gasteiger charge is 2.46. The molecule has 29 heavy (non-hydrogen) atoms. The van der Waals surface area contributed by atoms with E-state index in [0.29, 0.717) is 11.3 Å². The third-order valence-electron chi connectivity index (χ3n) is 4.93. The summed E-state index contributed by atoms with van der Waals surface area (Å²) in [7, 11) is 1.57. The van der Waals surface area contributed by atoms with Crippen LogP contribution in [0.4, 0.5) is 0 Å². The number of carbonyl (C=O) groups excluding carboxylic acids is 2. The summed E-state index contributed by atoms with van der Waals surface area (Å²) in [5, 5.41) is 12.8. The summed E-state index contributed by atoms with van der Waals surface area (Å²) in [6.45, 7) is 0.197. The van der Waals surface area contributed by atoms with E-state index in [0.717, 1.165) is 10.4 Å². The molecule has 146 valence electrons. The number of aliphatic hydroxyl groups excluding tert-OH is 1. The molecular weight excluding hydrogens is 386 g/mol. The normalized spacial score (nSPS) is 18.2. The van der Waals surface area contributed by atoms with Crippen molar-refractivity contribution in [3.8, 4) is 5.75 Å². The van der Waals surface area contributed by atoms with Gasteiger partial charge in [-0.25, -0.2) is 0 Å².